The molecular weight excluding hydrogens is 511 g/mol. The van der Waals surface area contributed by atoms with Gasteiger partial charge >= 0.3 is 0 Å². The van der Waals surface area contributed by atoms with Crippen LogP contribution in [0.25, 0.3) is 0 Å². The van der Waals surface area contributed by atoms with Gasteiger partial charge in [-0.1, -0.05) is 42.5 Å². The molecule has 3 aliphatic heterocycles. The summed E-state index contributed by atoms with van der Waals surface area (Å²) in [5, 5.41) is 2.31. The van der Waals surface area contributed by atoms with Gasteiger partial charge in [-0.15, -0.1) is 0 Å². The maximum absolute atomic E-state index is 14.7. The number of piperidine rings is 1. The van der Waals surface area contributed by atoms with E-state index in [1.165, 1.54) is 22.6 Å². The quantitative estimate of drug-likeness (QED) is 0.461. The van der Waals surface area contributed by atoms with Gasteiger partial charge in [-0.05, 0) is 41.8 Å². The molecule has 1 N–H and O–H groups in total. The van der Waals surface area contributed by atoms with Crippen molar-refractivity contribution in [2.75, 3.05) is 31.1 Å². The smallest absolute Gasteiger partial charge is 0.255 e. The van der Waals surface area contributed by atoms with Crippen molar-refractivity contribution < 1.29 is 23.5 Å². The average Bonchev–Trinajstić information content (AvgIpc) is 3.29. The van der Waals surface area contributed by atoms with Gasteiger partial charge in [0.2, 0.25) is 11.8 Å². The van der Waals surface area contributed by atoms with Crippen molar-refractivity contribution >= 4 is 23.4 Å². The van der Waals surface area contributed by atoms with Crippen LogP contribution in [0.15, 0.2) is 66.7 Å². The lowest BCUT2D eigenvalue weighted by Crippen LogP contribution is -2.52. The molecular formula is C31H31FN4O4. The molecule has 0 saturated carbocycles. The molecule has 40 heavy (non-hydrogen) atoms. The van der Waals surface area contributed by atoms with Crippen molar-refractivity contribution in [1.29, 1.82) is 0 Å². The molecule has 2 saturated heterocycles. The highest BCUT2D eigenvalue weighted by atomic mass is 19.1. The molecule has 3 amide bonds. The lowest BCUT2D eigenvalue weighted by molar-refractivity contribution is -0.136. The number of piperazine rings is 1. The predicted molar refractivity (Wildman–Crippen MR) is 147 cm³/mol. The molecule has 3 aromatic rings. The number of nitrogens with zero attached hydrogens (tertiary/aromatic N) is 3. The summed E-state index contributed by atoms with van der Waals surface area (Å²) in [7, 11) is 0. The standard InChI is InChI=1S/C31H31FN4O4/c32-23-16-25-26(19-36(31(25)39)27-10-11-29(37)33-30(27)38)28(17-23)35-14-12-34(13-15-35)18-21-6-8-24(9-7-21)40-20-22-4-2-1-3-5-22/h1-9,16-17,27H,10-15,18-20H2,(H,33,37,38). The molecule has 1 unspecified atom stereocenters. The Kier molecular flexibility index (Phi) is 7.21. The number of hydrogen-bond acceptors (Lipinski definition) is 6. The van der Waals surface area contributed by atoms with Crippen LogP contribution in [0.5, 0.6) is 5.75 Å². The van der Waals surface area contributed by atoms with Crippen LogP contribution < -0.4 is 15.0 Å². The molecule has 8 nitrogen and oxygen atoms in total. The van der Waals surface area contributed by atoms with Gasteiger partial charge < -0.3 is 14.5 Å². The summed E-state index contributed by atoms with van der Waals surface area (Å²) in [6.45, 7) is 4.54. The van der Waals surface area contributed by atoms with Crippen LogP contribution in [0.4, 0.5) is 10.1 Å². The molecule has 0 spiro atoms. The summed E-state index contributed by atoms with van der Waals surface area (Å²) in [6, 6.07) is 20.3. The summed E-state index contributed by atoms with van der Waals surface area (Å²) < 4.78 is 20.5. The zero-order valence-corrected chi connectivity index (χ0v) is 22.1. The summed E-state index contributed by atoms with van der Waals surface area (Å²) >= 11 is 0. The fourth-order valence-corrected chi connectivity index (χ4v) is 5.73. The van der Waals surface area contributed by atoms with E-state index < -0.39 is 17.8 Å². The van der Waals surface area contributed by atoms with Crippen molar-refractivity contribution in [2.24, 2.45) is 0 Å². The molecule has 0 bridgehead atoms. The summed E-state index contributed by atoms with van der Waals surface area (Å²) in [6.07, 6.45) is 0.462. The number of carbonyl (C=O) groups is 3. The first-order chi connectivity index (χ1) is 19.4. The lowest BCUT2D eigenvalue weighted by Gasteiger charge is -2.37. The molecule has 2 fully saturated rings. The van der Waals surface area contributed by atoms with E-state index in [0.29, 0.717) is 30.9 Å². The number of hydrogen-bond donors (Lipinski definition) is 1. The van der Waals surface area contributed by atoms with E-state index >= 15 is 0 Å². The fraction of sp³-hybridized carbons (Fsp3) is 0.323. The van der Waals surface area contributed by atoms with E-state index in [1.54, 1.807) is 0 Å². The van der Waals surface area contributed by atoms with Crippen molar-refractivity contribution in [1.82, 2.24) is 15.1 Å². The number of halogens is 1. The number of amides is 3. The Morgan fingerprint density at radius 1 is 0.900 bits per heavy atom. The van der Waals surface area contributed by atoms with Gasteiger partial charge in [0.1, 0.15) is 24.2 Å². The molecule has 0 radical (unpaired) electrons. The molecule has 0 aliphatic carbocycles. The van der Waals surface area contributed by atoms with Crippen LogP contribution in [-0.2, 0) is 29.3 Å². The first-order valence-electron chi connectivity index (χ1n) is 13.6. The van der Waals surface area contributed by atoms with Crippen molar-refractivity contribution in [3.8, 4) is 5.75 Å². The highest BCUT2D eigenvalue weighted by molar-refractivity contribution is 6.06. The van der Waals surface area contributed by atoms with E-state index in [1.807, 2.05) is 42.5 Å². The van der Waals surface area contributed by atoms with Gasteiger partial charge in [0.25, 0.3) is 5.91 Å². The summed E-state index contributed by atoms with van der Waals surface area (Å²) in [5.74, 6) is -0.797. The number of rotatable bonds is 7. The number of nitrogens with one attached hydrogen (secondary N) is 1. The number of fused-ring (bicyclic) bond motifs is 1. The molecule has 1 atom stereocenters. The number of carbonyl (C=O) groups excluding carboxylic acids is 3. The summed E-state index contributed by atoms with van der Waals surface area (Å²) in [5.41, 5.74) is 4.07. The topological polar surface area (TPSA) is 82.2 Å². The molecule has 3 heterocycles. The van der Waals surface area contributed by atoms with Crippen LogP contribution in [0.1, 0.15) is 39.9 Å². The number of imide groups is 1. The summed E-state index contributed by atoms with van der Waals surface area (Å²) in [4.78, 5) is 43.1. The van der Waals surface area contributed by atoms with Gasteiger partial charge in [-0.3, -0.25) is 24.6 Å². The Morgan fingerprint density at radius 3 is 2.38 bits per heavy atom. The average molecular weight is 543 g/mol. The first-order valence-corrected chi connectivity index (χ1v) is 13.6. The monoisotopic (exact) mass is 542 g/mol. The lowest BCUT2D eigenvalue weighted by atomic mass is 10.0. The second-order valence-electron chi connectivity index (χ2n) is 10.5. The van der Waals surface area contributed by atoms with Crippen LogP contribution >= 0.6 is 0 Å². The van der Waals surface area contributed by atoms with E-state index in [0.717, 1.165) is 36.5 Å². The maximum Gasteiger partial charge on any atom is 0.255 e. The minimum absolute atomic E-state index is 0.184. The van der Waals surface area contributed by atoms with E-state index in [4.69, 9.17) is 4.74 Å². The van der Waals surface area contributed by atoms with Gasteiger partial charge in [0.15, 0.2) is 0 Å². The minimum atomic E-state index is -0.722. The largest absolute Gasteiger partial charge is 0.489 e. The second kappa shape index (κ2) is 11.1. The highest BCUT2D eigenvalue weighted by Crippen LogP contribution is 2.35. The number of anilines is 1. The molecule has 3 aliphatic rings. The van der Waals surface area contributed by atoms with Gasteiger partial charge in [0.05, 0.1) is 0 Å². The van der Waals surface area contributed by atoms with Crippen LogP contribution in [0.2, 0.25) is 0 Å². The molecule has 6 rings (SSSR count). The normalized spacial score (nSPS) is 19.5. The Morgan fingerprint density at radius 2 is 1.65 bits per heavy atom. The first kappa shape index (κ1) is 26.0. The Labute approximate surface area is 232 Å². The second-order valence-corrected chi connectivity index (χ2v) is 10.5. The molecule has 9 heteroatoms. The fourth-order valence-electron chi connectivity index (χ4n) is 5.73. The Balaban J connectivity index is 1.07. The van der Waals surface area contributed by atoms with Crippen molar-refractivity contribution in [3.05, 3.63) is 94.8 Å². The SMILES string of the molecule is O=C1CCC(N2Cc3c(cc(F)cc3N3CCN(Cc4ccc(OCc5ccccc5)cc4)CC3)C2=O)C(=O)N1. The third kappa shape index (κ3) is 5.42. The predicted octanol–water partition coefficient (Wildman–Crippen LogP) is 3.49. The van der Waals surface area contributed by atoms with Crippen molar-refractivity contribution in [2.45, 2.75) is 38.6 Å². The Hall–Kier alpha value is -4.24. The van der Waals surface area contributed by atoms with Crippen LogP contribution in [0, 0.1) is 5.82 Å². The third-order valence-electron chi connectivity index (χ3n) is 7.89. The van der Waals surface area contributed by atoms with Gasteiger partial charge in [-0.25, -0.2) is 4.39 Å². The van der Waals surface area contributed by atoms with Crippen LogP contribution in [-0.4, -0.2) is 59.7 Å². The number of benzene rings is 3. The minimum Gasteiger partial charge on any atom is -0.489 e. The molecule has 0 aromatic heterocycles. The number of ether oxygens (including phenoxy) is 1. The van der Waals surface area contributed by atoms with Crippen molar-refractivity contribution in [3.63, 3.8) is 0 Å². The zero-order valence-electron chi connectivity index (χ0n) is 22.1. The molecule has 206 valence electrons. The van der Waals surface area contributed by atoms with Gasteiger partial charge in [-0.2, -0.15) is 0 Å². The third-order valence-corrected chi connectivity index (χ3v) is 7.89. The highest BCUT2D eigenvalue weighted by Gasteiger charge is 2.41. The van der Waals surface area contributed by atoms with Gasteiger partial charge in [0, 0.05) is 62.5 Å². The maximum atomic E-state index is 14.7. The Bertz CT molecular complexity index is 1420. The zero-order chi connectivity index (χ0) is 27.6. The molecule has 3 aromatic carbocycles. The van der Waals surface area contributed by atoms with E-state index in [-0.39, 0.29) is 31.2 Å². The van der Waals surface area contributed by atoms with E-state index in [2.05, 4.69) is 27.2 Å². The van der Waals surface area contributed by atoms with Crippen LogP contribution in [0.3, 0.4) is 0 Å². The van der Waals surface area contributed by atoms with E-state index in [9.17, 15) is 18.8 Å².